The highest BCUT2D eigenvalue weighted by molar-refractivity contribution is 5.86. The molecule has 13 nitrogen and oxygen atoms in total. The van der Waals surface area contributed by atoms with Crippen LogP contribution in [0.2, 0.25) is 0 Å². The number of carbonyl (C=O) groups is 3. The van der Waals surface area contributed by atoms with Gasteiger partial charge in [-0.25, -0.2) is 14.6 Å². The summed E-state index contributed by atoms with van der Waals surface area (Å²) in [6, 6.07) is 19.4. The number of amides is 3. The Morgan fingerprint density at radius 3 is 2.40 bits per heavy atom. The molecule has 3 bridgehead atoms. The molecule has 8 atom stereocenters. The van der Waals surface area contributed by atoms with Crippen molar-refractivity contribution in [3.05, 3.63) is 90.3 Å². The number of aliphatic hydroxyl groups excluding tert-OH is 1. The third kappa shape index (κ3) is 9.26. The fourth-order valence-corrected chi connectivity index (χ4v) is 7.31. The maximum atomic E-state index is 13.8. The zero-order valence-electron chi connectivity index (χ0n) is 30.1. The van der Waals surface area contributed by atoms with Crippen molar-refractivity contribution in [3.63, 3.8) is 0 Å². The standard InChI is InChI=1S/C39H49N5O8/c1-39(2,3)34(42-37(47)49-4)35(46)43-44(21-25-12-14-26(15-13-25)27-11-8-16-40-20-27)22-31(45)30(17-24-9-6-5-7-10-24)41-38(48)52-33-29-18-28-19-32(33)51-36(28)50-23-29/h5-16,20,28-34,36,45H,17-19,21-23H2,1-4H3,(H,41,48)(H,42,47)(H,43,46)/t28?,29?,30-,31-,32?,33?,34+,36?/m0/s1. The molecule has 278 valence electrons. The molecule has 3 fully saturated rings. The average Bonchev–Trinajstić information content (AvgIpc) is 3.43. The van der Waals surface area contributed by atoms with Gasteiger partial charge in [-0.05, 0) is 53.0 Å². The van der Waals surface area contributed by atoms with Crippen LogP contribution < -0.4 is 16.1 Å². The van der Waals surface area contributed by atoms with E-state index in [1.807, 2.05) is 87.5 Å². The fourth-order valence-electron chi connectivity index (χ4n) is 7.31. The van der Waals surface area contributed by atoms with Crippen molar-refractivity contribution in [2.45, 2.75) is 83.3 Å². The molecule has 2 aromatic carbocycles. The number of aliphatic hydroxyl groups is 1. The van der Waals surface area contributed by atoms with E-state index in [0.717, 1.165) is 35.1 Å². The van der Waals surface area contributed by atoms with E-state index in [9.17, 15) is 19.5 Å². The Labute approximate surface area is 304 Å². The van der Waals surface area contributed by atoms with Gasteiger partial charge in [0.05, 0.1) is 32.0 Å². The summed E-state index contributed by atoms with van der Waals surface area (Å²) < 4.78 is 22.7. The Morgan fingerprint density at radius 2 is 1.71 bits per heavy atom. The minimum Gasteiger partial charge on any atom is -0.453 e. The molecule has 6 rings (SSSR count). The van der Waals surface area contributed by atoms with E-state index in [1.165, 1.54) is 7.11 Å². The molecule has 3 amide bonds. The predicted molar refractivity (Wildman–Crippen MR) is 191 cm³/mol. The number of hydrogen-bond donors (Lipinski definition) is 4. The van der Waals surface area contributed by atoms with Crippen LogP contribution in [0.1, 0.15) is 44.7 Å². The first kappa shape index (κ1) is 37.2. The summed E-state index contributed by atoms with van der Waals surface area (Å²) in [5.41, 5.74) is 5.94. The Hall–Kier alpha value is -4.56. The molecule has 3 aromatic rings. The molecule has 13 heteroatoms. The van der Waals surface area contributed by atoms with Crippen LogP contribution >= 0.6 is 0 Å². The zero-order valence-corrected chi connectivity index (χ0v) is 30.1. The van der Waals surface area contributed by atoms with Gasteiger partial charge >= 0.3 is 12.2 Å². The van der Waals surface area contributed by atoms with Gasteiger partial charge in [0.2, 0.25) is 0 Å². The van der Waals surface area contributed by atoms with Gasteiger partial charge in [-0.15, -0.1) is 0 Å². The second kappa shape index (κ2) is 16.4. The first-order valence-electron chi connectivity index (χ1n) is 17.8. The summed E-state index contributed by atoms with van der Waals surface area (Å²) in [5.74, 6) is -0.114. The lowest BCUT2D eigenvalue weighted by atomic mass is 9.78. The molecule has 1 saturated carbocycles. The second-order valence-corrected chi connectivity index (χ2v) is 15.0. The molecule has 5 unspecified atom stereocenters. The number of nitrogens with zero attached hydrogens (tertiary/aromatic N) is 2. The van der Waals surface area contributed by atoms with Crippen LogP contribution in [0.4, 0.5) is 9.59 Å². The number of methoxy groups -OCH3 is 1. The Morgan fingerprint density at radius 1 is 0.942 bits per heavy atom. The number of fused-ring (bicyclic) bond motifs is 2. The van der Waals surface area contributed by atoms with Crippen LogP contribution in [0.5, 0.6) is 0 Å². The highest BCUT2D eigenvalue weighted by Crippen LogP contribution is 2.46. The van der Waals surface area contributed by atoms with Crippen molar-refractivity contribution in [1.29, 1.82) is 0 Å². The number of aromatic nitrogens is 1. The van der Waals surface area contributed by atoms with E-state index in [2.05, 4.69) is 21.0 Å². The maximum Gasteiger partial charge on any atom is 0.407 e. The number of hydrogen-bond acceptors (Lipinski definition) is 10. The quantitative estimate of drug-likeness (QED) is 0.189. The molecule has 0 spiro atoms. The molecule has 1 aromatic heterocycles. The number of benzene rings is 2. The van der Waals surface area contributed by atoms with Crippen molar-refractivity contribution in [1.82, 2.24) is 26.1 Å². The van der Waals surface area contributed by atoms with Gasteiger partial charge in [0, 0.05) is 37.3 Å². The smallest absolute Gasteiger partial charge is 0.407 e. The minimum atomic E-state index is -1.16. The lowest BCUT2D eigenvalue weighted by Crippen LogP contribution is -2.59. The Kier molecular flexibility index (Phi) is 11.7. The maximum absolute atomic E-state index is 13.8. The molecule has 1 aliphatic carbocycles. The van der Waals surface area contributed by atoms with Crippen molar-refractivity contribution in [2.24, 2.45) is 17.3 Å². The number of rotatable bonds is 13. The van der Waals surface area contributed by atoms with E-state index < -0.39 is 47.8 Å². The molecule has 4 N–H and O–H groups in total. The Balaban J connectivity index is 1.21. The molecular weight excluding hydrogens is 666 g/mol. The third-order valence-corrected chi connectivity index (χ3v) is 10.0. The third-order valence-electron chi connectivity index (χ3n) is 10.0. The van der Waals surface area contributed by atoms with Crippen LogP contribution in [-0.4, -0.2) is 90.1 Å². The number of carbonyl (C=O) groups excluding carboxylic acids is 3. The summed E-state index contributed by atoms with van der Waals surface area (Å²) in [4.78, 5) is 43.8. The molecule has 2 saturated heterocycles. The van der Waals surface area contributed by atoms with Crippen LogP contribution in [0.15, 0.2) is 79.1 Å². The number of ether oxygens (including phenoxy) is 4. The van der Waals surface area contributed by atoms with Gasteiger partial charge in [-0.3, -0.25) is 15.2 Å². The first-order chi connectivity index (χ1) is 25.0. The molecule has 3 aliphatic rings. The first-order valence-corrected chi connectivity index (χ1v) is 17.8. The van der Waals surface area contributed by atoms with Crippen molar-refractivity contribution < 1.29 is 38.4 Å². The number of hydrazine groups is 1. The molecule has 0 radical (unpaired) electrons. The SMILES string of the molecule is COC(=O)N[C@H](C(=O)NN(Cc1ccc(-c2cccnc2)cc1)C[C@H](O)[C@H](Cc1ccccc1)NC(=O)OC1C2COC3OC1CC3C2)C(C)(C)C. The second-order valence-electron chi connectivity index (χ2n) is 15.0. The van der Waals surface area contributed by atoms with Gasteiger partial charge in [0.25, 0.3) is 5.91 Å². The topological polar surface area (TPSA) is 161 Å². The number of pyridine rings is 1. The van der Waals surface area contributed by atoms with Crippen LogP contribution in [0, 0.1) is 17.3 Å². The van der Waals surface area contributed by atoms with Gasteiger partial charge < -0.3 is 34.7 Å². The van der Waals surface area contributed by atoms with Crippen LogP contribution in [0.3, 0.4) is 0 Å². The van der Waals surface area contributed by atoms with Gasteiger partial charge in [0.15, 0.2) is 6.29 Å². The highest BCUT2D eigenvalue weighted by atomic mass is 16.7. The minimum absolute atomic E-state index is 0.0513. The summed E-state index contributed by atoms with van der Waals surface area (Å²) >= 11 is 0. The predicted octanol–water partition coefficient (Wildman–Crippen LogP) is 4.20. The van der Waals surface area contributed by atoms with E-state index >= 15 is 0 Å². The summed E-state index contributed by atoms with van der Waals surface area (Å²) in [7, 11) is 1.24. The van der Waals surface area contributed by atoms with E-state index in [-0.39, 0.29) is 31.4 Å². The summed E-state index contributed by atoms with van der Waals surface area (Å²) in [5, 5.41) is 19.0. The molecule has 3 heterocycles. The van der Waals surface area contributed by atoms with Gasteiger partial charge in [-0.2, -0.15) is 0 Å². The van der Waals surface area contributed by atoms with E-state index in [4.69, 9.17) is 18.9 Å². The fraction of sp³-hybridized carbons (Fsp3) is 0.487. The largest absolute Gasteiger partial charge is 0.453 e. The lowest BCUT2D eigenvalue weighted by Gasteiger charge is -2.37. The van der Waals surface area contributed by atoms with Crippen molar-refractivity contribution >= 4 is 18.1 Å². The van der Waals surface area contributed by atoms with E-state index in [0.29, 0.717) is 18.9 Å². The van der Waals surface area contributed by atoms with Gasteiger partial charge in [-0.1, -0.05) is 81.4 Å². The highest BCUT2D eigenvalue weighted by Gasteiger charge is 2.53. The normalized spacial score (nSPS) is 23.7. The van der Waals surface area contributed by atoms with E-state index in [1.54, 1.807) is 17.4 Å². The monoisotopic (exact) mass is 715 g/mol. The number of alkyl carbamates (subject to hydrolysis) is 2. The molecule has 2 aliphatic heterocycles. The van der Waals surface area contributed by atoms with Crippen LogP contribution in [0.25, 0.3) is 11.1 Å². The molecule has 52 heavy (non-hydrogen) atoms. The zero-order chi connectivity index (χ0) is 36.8. The average molecular weight is 716 g/mol. The van der Waals surface area contributed by atoms with Crippen molar-refractivity contribution in [3.8, 4) is 11.1 Å². The number of nitrogens with one attached hydrogen (secondary N) is 3. The Bertz CT molecular complexity index is 1650. The van der Waals surface area contributed by atoms with Gasteiger partial charge in [0.1, 0.15) is 12.1 Å². The van der Waals surface area contributed by atoms with Crippen LogP contribution in [-0.2, 0) is 36.7 Å². The summed E-state index contributed by atoms with van der Waals surface area (Å²) in [6.45, 7) is 6.10. The molecular formula is C39H49N5O8. The van der Waals surface area contributed by atoms with Crippen molar-refractivity contribution in [2.75, 3.05) is 20.3 Å². The summed E-state index contributed by atoms with van der Waals surface area (Å²) in [6.07, 6.45) is 2.01. The lowest BCUT2D eigenvalue weighted by molar-refractivity contribution is -0.153.